The zero-order chi connectivity index (χ0) is 26.9. The van der Waals surface area contributed by atoms with Gasteiger partial charge in [0.15, 0.2) is 15.5 Å². The van der Waals surface area contributed by atoms with Crippen LogP contribution in [0.3, 0.4) is 0 Å². The summed E-state index contributed by atoms with van der Waals surface area (Å²) >= 11 is 0. The number of nitrogens with one attached hydrogen (secondary N) is 1. The number of hydrogen-bond donors (Lipinski definition) is 4. The molecule has 0 aliphatic carbocycles. The quantitative estimate of drug-likeness (QED) is 0.151. The summed E-state index contributed by atoms with van der Waals surface area (Å²) in [6.07, 6.45) is 0. The number of nitrogens with zero attached hydrogens (tertiary/aromatic N) is 3. The molecule has 1 radical (unpaired) electrons. The molecule has 1 heterocycles. The van der Waals surface area contributed by atoms with E-state index in [4.69, 9.17) is 9.11 Å². The molecule has 0 bridgehead atoms. The van der Waals surface area contributed by atoms with Gasteiger partial charge in [-0.05, 0) is 43.3 Å². The number of phenolic OH excluding ortho intramolecular Hbond substituents is 1. The molecule has 0 atom stereocenters. The average Bonchev–Trinajstić information content (AvgIpc) is 3.04. The van der Waals surface area contributed by atoms with Crippen LogP contribution in [0, 0.1) is 6.92 Å². The fourth-order valence-corrected chi connectivity index (χ4v) is 4.84. The first-order chi connectivity index (χ1) is 16.6. The molecule has 19 heteroatoms. The number of phenols is 1. The summed E-state index contributed by atoms with van der Waals surface area (Å²) in [5, 5.41) is 20.5. The molecular weight excluding hydrogens is 608 g/mol. The van der Waals surface area contributed by atoms with Gasteiger partial charge >= 0.3 is 10.4 Å². The standard InChI is InChI=1S/C18H18N4O11S3.Cu/c1-11-17(18(24)22(21-11)12-2-4-13(5-3-12)35(27,28)29)20-19-15-7-6-14(10-16(15)23)34(25,26)9-8-33-36(30,31)32;/h2-7,10,21,23H,8-9H2,1H3,(H,27,28,29)(H,30,31,32);. The number of aromatic nitrogens is 2. The van der Waals surface area contributed by atoms with Gasteiger partial charge in [-0.3, -0.25) is 19.0 Å². The normalized spacial score (nSPS) is 12.5. The first-order valence-corrected chi connectivity index (χ1v) is 14.0. The third kappa shape index (κ3) is 7.55. The number of aryl methyl sites for hydroxylation is 1. The number of rotatable bonds is 9. The van der Waals surface area contributed by atoms with E-state index in [1.165, 1.54) is 19.1 Å². The van der Waals surface area contributed by atoms with Crippen molar-refractivity contribution in [2.75, 3.05) is 12.4 Å². The smallest absolute Gasteiger partial charge is 0.397 e. The minimum atomic E-state index is -4.81. The molecule has 0 aliphatic rings. The zero-order valence-electron chi connectivity index (χ0n) is 18.4. The van der Waals surface area contributed by atoms with E-state index in [9.17, 15) is 35.2 Å². The summed E-state index contributed by atoms with van der Waals surface area (Å²) in [7, 11) is -13.3. The Bertz CT molecular complexity index is 1710. The molecule has 0 unspecified atom stereocenters. The summed E-state index contributed by atoms with van der Waals surface area (Å²) in [5.74, 6) is -1.41. The fraction of sp³-hybridized carbons (Fsp3) is 0.167. The van der Waals surface area contributed by atoms with Crippen LogP contribution in [0.2, 0.25) is 0 Å². The Labute approximate surface area is 220 Å². The van der Waals surface area contributed by atoms with E-state index in [1.54, 1.807) is 0 Å². The van der Waals surface area contributed by atoms with E-state index in [-0.39, 0.29) is 49.6 Å². The molecule has 15 nitrogen and oxygen atoms in total. The third-order valence-corrected chi connectivity index (χ3v) is 7.59. The Kier molecular flexibility index (Phi) is 9.21. The predicted octanol–water partition coefficient (Wildman–Crippen LogP) is 1.43. The van der Waals surface area contributed by atoms with Crippen LogP contribution >= 0.6 is 0 Å². The molecule has 3 aromatic rings. The van der Waals surface area contributed by atoms with Crippen molar-refractivity contribution in [3.8, 4) is 11.4 Å². The van der Waals surface area contributed by atoms with Crippen LogP contribution in [-0.4, -0.2) is 61.6 Å². The van der Waals surface area contributed by atoms with Crippen molar-refractivity contribution in [3.05, 3.63) is 58.5 Å². The summed E-state index contributed by atoms with van der Waals surface area (Å²) in [6.45, 7) is 0.657. The van der Waals surface area contributed by atoms with Crippen molar-refractivity contribution in [3.63, 3.8) is 0 Å². The van der Waals surface area contributed by atoms with Crippen LogP contribution in [0.25, 0.3) is 5.69 Å². The molecule has 0 saturated heterocycles. The van der Waals surface area contributed by atoms with Gasteiger partial charge in [0.1, 0.15) is 11.4 Å². The Morgan fingerprint density at radius 2 is 1.54 bits per heavy atom. The van der Waals surface area contributed by atoms with Gasteiger partial charge in [0.25, 0.3) is 15.7 Å². The molecule has 3 rings (SSSR count). The van der Waals surface area contributed by atoms with E-state index in [1.807, 2.05) is 0 Å². The monoisotopic (exact) mass is 625 g/mol. The molecule has 205 valence electrons. The van der Waals surface area contributed by atoms with Gasteiger partial charge in [-0.15, -0.1) is 10.2 Å². The second kappa shape index (κ2) is 11.2. The first-order valence-electron chi connectivity index (χ1n) is 9.57. The van der Waals surface area contributed by atoms with Gasteiger partial charge in [-0.1, -0.05) is 0 Å². The van der Waals surface area contributed by atoms with Gasteiger partial charge in [0, 0.05) is 23.1 Å². The summed E-state index contributed by atoms with van der Waals surface area (Å²) < 4.78 is 90.5. The second-order valence-electron chi connectivity index (χ2n) is 7.11. The maximum absolute atomic E-state index is 12.7. The number of hydrogen-bond acceptors (Lipinski definition) is 11. The molecule has 4 N–H and O–H groups in total. The Hall–Kier alpha value is -2.90. The van der Waals surface area contributed by atoms with Crippen molar-refractivity contribution in [1.82, 2.24) is 9.78 Å². The SMILES string of the molecule is Cc1[nH]n(-c2ccc(S(=O)(=O)O)cc2)c(=O)c1N=Nc1ccc(S(=O)(=O)CCOS(=O)(=O)O)cc1O.[Cu]. The van der Waals surface area contributed by atoms with E-state index >= 15 is 0 Å². The van der Waals surface area contributed by atoms with Crippen molar-refractivity contribution in [1.29, 1.82) is 0 Å². The molecule has 1 aromatic heterocycles. The second-order valence-corrected chi connectivity index (χ2v) is 11.7. The number of aromatic hydroxyl groups is 1. The van der Waals surface area contributed by atoms with Gasteiger partial charge < -0.3 is 5.11 Å². The topological polar surface area (TPSA) is 235 Å². The Balaban J connectivity index is 0.00000481. The van der Waals surface area contributed by atoms with Crippen LogP contribution in [0.5, 0.6) is 5.75 Å². The van der Waals surface area contributed by atoms with E-state index in [2.05, 4.69) is 19.5 Å². The minimum Gasteiger partial charge on any atom is -0.506 e. The molecule has 2 aromatic carbocycles. The van der Waals surface area contributed by atoms with Crippen molar-refractivity contribution in [2.24, 2.45) is 10.2 Å². The van der Waals surface area contributed by atoms with Crippen LogP contribution in [0.15, 0.2) is 67.3 Å². The minimum absolute atomic E-state index is 0. The number of sulfone groups is 1. The predicted molar refractivity (Wildman–Crippen MR) is 123 cm³/mol. The van der Waals surface area contributed by atoms with Gasteiger partial charge in [-0.2, -0.15) is 16.8 Å². The molecule has 0 spiro atoms. The molecular formula is C18H18CuN4O11S3. The maximum atomic E-state index is 12.7. The van der Waals surface area contributed by atoms with E-state index in [0.29, 0.717) is 0 Å². The molecule has 0 aliphatic heterocycles. The number of azo groups is 1. The van der Waals surface area contributed by atoms with E-state index in [0.717, 1.165) is 35.0 Å². The van der Waals surface area contributed by atoms with Crippen molar-refractivity contribution in [2.45, 2.75) is 16.7 Å². The van der Waals surface area contributed by atoms with Gasteiger partial charge in [-0.25, -0.2) is 17.3 Å². The van der Waals surface area contributed by atoms with Gasteiger partial charge in [0.2, 0.25) is 0 Å². The summed E-state index contributed by atoms with van der Waals surface area (Å²) in [5.41, 5.74) is -0.527. The molecule has 0 fully saturated rings. The fourth-order valence-electron chi connectivity index (χ4n) is 2.86. The van der Waals surface area contributed by atoms with Gasteiger partial charge in [0.05, 0.1) is 33.5 Å². The average molecular weight is 626 g/mol. The van der Waals surface area contributed by atoms with E-state index < -0.39 is 54.0 Å². The van der Waals surface area contributed by atoms with Crippen LogP contribution < -0.4 is 5.56 Å². The Morgan fingerprint density at radius 1 is 0.946 bits per heavy atom. The molecule has 37 heavy (non-hydrogen) atoms. The largest absolute Gasteiger partial charge is 0.506 e. The number of H-pyrrole nitrogens is 1. The first kappa shape index (κ1) is 30.3. The Morgan fingerprint density at radius 3 is 2.08 bits per heavy atom. The summed E-state index contributed by atoms with van der Waals surface area (Å²) in [6, 6.07) is 7.74. The van der Waals surface area contributed by atoms with Crippen LogP contribution in [0.4, 0.5) is 11.4 Å². The van der Waals surface area contributed by atoms with Crippen molar-refractivity contribution < 1.29 is 60.7 Å². The number of benzene rings is 2. The zero-order valence-corrected chi connectivity index (χ0v) is 21.8. The number of aromatic amines is 1. The summed E-state index contributed by atoms with van der Waals surface area (Å²) in [4.78, 5) is 12.0. The molecule has 0 amide bonds. The van der Waals surface area contributed by atoms with Crippen molar-refractivity contribution >= 4 is 41.7 Å². The van der Waals surface area contributed by atoms with Crippen LogP contribution in [-0.2, 0) is 51.6 Å². The van der Waals surface area contributed by atoms with Crippen LogP contribution in [0.1, 0.15) is 5.69 Å². The molecule has 0 saturated carbocycles. The maximum Gasteiger partial charge on any atom is 0.397 e. The third-order valence-electron chi connectivity index (χ3n) is 4.58.